The van der Waals surface area contributed by atoms with Crippen molar-refractivity contribution in [1.29, 1.82) is 0 Å². The first-order valence-corrected chi connectivity index (χ1v) is 6.18. The van der Waals surface area contributed by atoms with E-state index in [2.05, 4.69) is 5.32 Å². The molecule has 0 saturated heterocycles. The molecule has 1 aromatic heterocycles. The summed E-state index contributed by atoms with van der Waals surface area (Å²) in [5.74, 6) is 0.741. The Morgan fingerprint density at radius 1 is 1.61 bits per heavy atom. The van der Waals surface area contributed by atoms with Crippen molar-refractivity contribution < 1.29 is 9.21 Å². The van der Waals surface area contributed by atoms with E-state index in [-0.39, 0.29) is 29.8 Å². The molecule has 2 unspecified atom stereocenters. The molecule has 102 valence electrons. The number of furan rings is 1. The van der Waals surface area contributed by atoms with Crippen molar-refractivity contribution in [2.75, 3.05) is 0 Å². The predicted octanol–water partition coefficient (Wildman–Crippen LogP) is 2.23. The first kappa shape index (κ1) is 15.1. The molecule has 1 fully saturated rings. The minimum Gasteiger partial charge on any atom is -0.467 e. The monoisotopic (exact) mass is 272 g/mol. The summed E-state index contributed by atoms with van der Waals surface area (Å²) in [5.41, 5.74) is 5.82. The van der Waals surface area contributed by atoms with Gasteiger partial charge >= 0.3 is 0 Å². The topological polar surface area (TPSA) is 68.3 Å². The highest BCUT2D eigenvalue weighted by molar-refractivity contribution is 5.85. The first-order chi connectivity index (χ1) is 8.09. The van der Waals surface area contributed by atoms with Gasteiger partial charge < -0.3 is 15.5 Å². The zero-order valence-corrected chi connectivity index (χ0v) is 11.5. The third-order valence-electron chi connectivity index (χ3n) is 3.59. The van der Waals surface area contributed by atoms with Crippen LogP contribution in [0.4, 0.5) is 0 Å². The lowest BCUT2D eigenvalue weighted by Crippen LogP contribution is -2.52. The Balaban J connectivity index is 0.00000162. The van der Waals surface area contributed by atoms with Crippen LogP contribution in [-0.2, 0) is 11.3 Å². The molecule has 0 radical (unpaired) electrons. The number of hydrogen-bond donors (Lipinski definition) is 2. The van der Waals surface area contributed by atoms with E-state index in [1.165, 1.54) is 0 Å². The zero-order valence-electron chi connectivity index (χ0n) is 10.6. The number of carbonyl (C=O) groups excluding carboxylic acids is 1. The summed E-state index contributed by atoms with van der Waals surface area (Å²) < 4.78 is 5.18. The molecule has 1 amide bonds. The minimum atomic E-state index is -0.370. The summed E-state index contributed by atoms with van der Waals surface area (Å²) >= 11 is 0. The quantitative estimate of drug-likeness (QED) is 0.887. The third kappa shape index (κ3) is 3.50. The highest BCUT2D eigenvalue weighted by Crippen LogP contribution is 2.31. The first-order valence-electron chi connectivity index (χ1n) is 6.18. The van der Waals surface area contributed by atoms with Gasteiger partial charge in [-0.2, -0.15) is 0 Å². The molecule has 1 aliphatic carbocycles. The number of hydrogen-bond acceptors (Lipinski definition) is 3. The molecule has 4 nitrogen and oxygen atoms in total. The smallest absolute Gasteiger partial charge is 0.225 e. The number of halogens is 1. The van der Waals surface area contributed by atoms with Gasteiger partial charge in [-0.25, -0.2) is 0 Å². The molecule has 0 bridgehead atoms. The number of rotatable bonds is 3. The van der Waals surface area contributed by atoms with E-state index in [4.69, 9.17) is 10.2 Å². The number of amides is 1. The third-order valence-corrected chi connectivity index (χ3v) is 3.59. The van der Waals surface area contributed by atoms with Crippen molar-refractivity contribution in [1.82, 2.24) is 5.32 Å². The summed E-state index contributed by atoms with van der Waals surface area (Å²) in [4.78, 5) is 12.1. The molecule has 2 rings (SSSR count). The highest BCUT2D eigenvalue weighted by Gasteiger charge is 2.37. The second-order valence-electron chi connectivity index (χ2n) is 5.10. The van der Waals surface area contributed by atoms with E-state index in [1.807, 2.05) is 19.1 Å². The second-order valence-corrected chi connectivity index (χ2v) is 5.10. The Morgan fingerprint density at radius 3 is 3.00 bits per heavy atom. The Labute approximate surface area is 114 Å². The largest absolute Gasteiger partial charge is 0.467 e. The lowest BCUT2D eigenvalue weighted by molar-refractivity contribution is -0.128. The maximum Gasteiger partial charge on any atom is 0.225 e. The van der Waals surface area contributed by atoms with Crippen LogP contribution in [0.25, 0.3) is 0 Å². The summed E-state index contributed by atoms with van der Waals surface area (Å²) in [6.07, 6.45) is 5.62. The van der Waals surface area contributed by atoms with Gasteiger partial charge in [-0.1, -0.05) is 12.8 Å². The molecular formula is C13H21ClN2O2. The van der Waals surface area contributed by atoms with Gasteiger partial charge in [-0.05, 0) is 31.9 Å². The van der Waals surface area contributed by atoms with E-state index in [0.717, 1.165) is 31.4 Å². The Bertz CT molecular complexity index is 376. The molecule has 1 aromatic rings. The Morgan fingerprint density at radius 2 is 2.39 bits per heavy atom. The lowest BCUT2D eigenvalue weighted by Gasteiger charge is -2.37. The van der Waals surface area contributed by atoms with Gasteiger partial charge in [0.15, 0.2) is 0 Å². The Hall–Kier alpha value is -1.00. The SMILES string of the molecule is CC1(N)CCCCC1C(=O)NCc1ccco1.Cl. The van der Waals surface area contributed by atoms with Gasteiger partial charge in [0.2, 0.25) is 5.91 Å². The predicted molar refractivity (Wildman–Crippen MR) is 72.4 cm³/mol. The fraction of sp³-hybridized carbons (Fsp3) is 0.615. The van der Waals surface area contributed by atoms with Crippen molar-refractivity contribution in [2.24, 2.45) is 11.7 Å². The van der Waals surface area contributed by atoms with Crippen LogP contribution in [-0.4, -0.2) is 11.4 Å². The standard InChI is InChI=1S/C13H20N2O2.ClH/c1-13(14)7-3-2-6-11(13)12(16)15-9-10-5-4-8-17-10;/h4-5,8,11H,2-3,6-7,9,14H2,1H3,(H,15,16);1H. The van der Waals surface area contributed by atoms with Crippen LogP contribution in [0.1, 0.15) is 38.4 Å². The number of nitrogens with two attached hydrogens (primary N) is 1. The molecule has 0 spiro atoms. The van der Waals surface area contributed by atoms with Crippen molar-refractivity contribution in [3.8, 4) is 0 Å². The van der Waals surface area contributed by atoms with E-state index >= 15 is 0 Å². The molecule has 0 aliphatic heterocycles. The van der Waals surface area contributed by atoms with Gasteiger partial charge in [-0.3, -0.25) is 4.79 Å². The van der Waals surface area contributed by atoms with Gasteiger partial charge in [0, 0.05) is 5.54 Å². The molecule has 5 heteroatoms. The molecule has 18 heavy (non-hydrogen) atoms. The summed E-state index contributed by atoms with van der Waals surface area (Å²) in [6, 6.07) is 3.66. The minimum absolute atomic E-state index is 0. The van der Waals surface area contributed by atoms with E-state index in [0.29, 0.717) is 6.54 Å². The van der Waals surface area contributed by atoms with Gasteiger partial charge in [0.25, 0.3) is 0 Å². The van der Waals surface area contributed by atoms with Crippen LogP contribution >= 0.6 is 12.4 Å². The van der Waals surface area contributed by atoms with Crippen LogP contribution in [0, 0.1) is 5.92 Å². The molecule has 0 aromatic carbocycles. The molecular weight excluding hydrogens is 252 g/mol. The van der Waals surface area contributed by atoms with Crippen molar-refractivity contribution >= 4 is 18.3 Å². The van der Waals surface area contributed by atoms with Crippen molar-refractivity contribution in [3.05, 3.63) is 24.2 Å². The lowest BCUT2D eigenvalue weighted by atomic mass is 9.74. The number of carbonyl (C=O) groups is 1. The average molecular weight is 273 g/mol. The number of nitrogens with one attached hydrogen (secondary N) is 1. The maximum absolute atomic E-state index is 12.1. The average Bonchev–Trinajstić information content (AvgIpc) is 2.78. The summed E-state index contributed by atoms with van der Waals surface area (Å²) in [6.45, 7) is 2.42. The van der Waals surface area contributed by atoms with Crippen LogP contribution in [0.2, 0.25) is 0 Å². The van der Waals surface area contributed by atoms with Crippen LogP contribution < -0.4 is 11.1 Å². The van der Waals surface area contributed by atoms with E-state index < -0.39 is 0 Å². The van der Waals surface area contributed by atoms with E-state index in [1.54, 1.807) is 6.26 Å². The molecule has 1 saturated carbocycles. The van der Waals surface area contributed by atoms with Crippen LogP contribution in [0.3, 0.4) is 0 Å². The van der Waals surface area contributed by atoms with Gasteiger partial charge in [0.05, 0.1) is 18.7 Å². The Kier molecular flexibility index (Phi) is 5.23. The highest BCUT2D eigenvalue weighted by atomic mass is 35.5. The normalized spacial score (nSPS) is 27.3. The van der Waals surface area contributed by atoms with Crippen molar-refractivity contribution in [2.45, 2.75) is 44.7 Å². The summed E-state index contributed by atoms with van der Waals surface area (Å²) in [7, 11) is 0. The second kappa shape index (κ2) is 6.25. The summed E-state index contributed by atoms with van der Waals surface area (Å²) in [5, 5.41) is 2.90. The van der Waals surface area contributed by atoms with Crippen LogP contribution in [0.5, 0.6) is 0 Å². The van der Waals surface area contributed by atoms with Gasteiger partial charge in [-0.15, -0.1) is 12.4 Å². The fourth-order valence-corrected chi connectivity index (χ4v) is 2.50. The van der Waals surface area contributed by atoms with Crippen LogP contribution in [0.15, 0.2) is 22.8 Å². The molecule has 2 atom stereocenters. The molecule has 1 aliphatic rings. The fourth-order valence-electron chi connectivity index (χ4n) is 2.50. The molecule has 1 heterocycles. The van der Waals surface area contributed by atoms with Crippen molar-refractivity contribution in [3.63, 3.8) is 0 Å². The van der Waals surface area contributed by atoms with E-state index in [9.17, 15) is 4.79 Å². The van der Waals surface area contributed by atoms with Gasteiger partial charge in [0.1, 0.15) is 5.76 Å². The maximum atomic E-state index is 12.1. The molecule has 3 N–H and O–H groups in total. The zero-order chi connectivity index (χ0) is 12.3.